The minimum Gasteiger partial charge on any atom is -0.386 e. The lowest BCUT2D eigenvalue weighted by Crippen LogP contribution is -2.30. The molecule has 3 aromatic carbocycles. The van der Waals surface area contributed by atoms with Crippen LogP contribution in [0, 0.1) is 29.1 Å². The van der Waals surface area contributed by atoms with Gasteiger partial charge in [0.2, 0.25) is 5.82 Å². The van der Waals surface area contributed by atoms with E-state index >= 15 is 8.78 Å². The van der Waals surface area contributed by atoms with Crippen LogP contribution in [-0.2, 0) is 10.2 Å². The zero-order valence-electron chi connectivity index (χ0n) is 17.6. The lowest BCUT2D eigenvalue weighted by atomic mass is 9.69. The minimum atomic E-state index is -2.36. The molecule has 35 heavy (non-hydrogen) atoms. The van der Waals surface area contributed by atoms with Gasteiger partial charge in [-0.3, -0.25) is 9.59 Å². The number of ether oxygens (including phenoxy) is 1. The van der Waals surface area contributed by atoms with Crippen LogP contribution < -0.4 is 0 Å². The van der Waals surface area contributed by atoms with Crippen molar-refractivity contribution in [2.24, 2.45) is 0 Å². The molecule has 5 nitrogen and oxygen atoms in total. The number of Topliss-reactive ketones (excluding diaryl/α,β-unsaturated/α-hetero) is 2. The van der Waals surface area contributed by atoms with Gasteiger partial charge in [0, 0.05) is 22.1 Å². The Morgan fingerprint density at radius 2 is 1.09 bits per heavy atom. The summed E-state index contributed by atoms with van der Waals surface area (Å²) in [6.07, 6.45) is -0.426. The number of carbonyl (C=O) groups is 4. The lowest BCUT2D eigenvalue weighted by Gasteiger charge is -2.33. The molecular formula is C25H11F5O5. The first-order valence-corrected chi connectivity index (χ1v) is 10.1. The van der Waals surface area contributed by atoms with Crippen LogP contribution in [0.15, 0.2) is 36.4 Å². The van der Waals surface area contributed by atoms with E-state index < -0.39 is 70.0 Å². The molecule has 3 aromatic rings. The van der Waals surface area contributed by atoms with Crippen LogP contribution in [0.3, 0.4) is 0 Å². The zero-order chi connectivity index (χ0) is 25.4. The molecule has 5 rings (SSSR count). The third-order valence-electron chi connectivity index (χ3n) is 6.45. The molecule has 0 spiro atoms. The van der Waals surface area contributed by atoms with Crippen molar-refractivity contribution < 1.29 is 45.9 Å². The Balaban J connectivity index is 1.87. The van der Waals surface area contributed by atoms with Gasteiger partial charge in [0.15, 0.2) is 34.8 Å². The van der Waals surface area contributed by atoms with E-state index in [1.54, 1.807) is 0 Å². The average Bonchev–Trinajstić information content (AvgIpc) is 3.29. The molecule has 176 valence electrons. The maximum atomic E-state index is 15.1. The summed E-state index contributed by atoms with van der Waals surface area (Å²) in [6, 6.07) is 6.97. The molecule has 0 saturated heterocycles. The van der Waals surface area contributed by atoms with Crippen molar-refractivity contribution in [1.82, 2.24) is 0 Å². The number of carbonyl (C=O) groups excluding carboxylic acids is 4. The summed E-state index contributed by atoms with van der Waals surface area (Å²) in [5, 5.41) is 0. The second-order valence-electron chi connectivity index (χ2n) is 8.29. The maximum Gasteiger partial charge on any atom is 0.346 e. The summed E-state index contributed by atoms with van der Waals surface area (Å²) in [5.74, 6) is -14.0. The van der Waals surface area contributed by atoms with Crippen molar-refractivity contribution in [2.75, 3.05) is 0 Å². The number of fused-ring (bicyclic) bond motifs is 2. The highest BCUT2D eigenvalue weighted by atomic mass is 19.2. The zero-order valence-corrected chi connectivity index (χ0v) is 17.6. The summed E-state index contributed by atoms with van der Waals surface area (Å²) < 4.78 is 77.1. The molecule has 1 aliphatic carbocycles. The summed E-state index contributed by atoms with van der Waals surface area (Å²) in [5.41, 5.74) is -4.08. The molecule has 0 bridgehead atoms. The molecule has 1 aliphatic heterocycles. The fourth-order valence-corrected chi connectivity index (χ4v) is 4.56. The summed E-state index contributed by atoms with van der Waals surface area (Å²) >= 11 is 0. The molecule has 0 aromatic heterocycles. The van der Waals surface area contributed by atoms with Crippen LogP contribution >= 0.6 is 0 Å². The van der Waals surface area contributed by atoms with E-state index in [1.807, 2.05) is 0 Å². The molecule has 1 atom stereocenters. The number of ketones is 2. The quantitative estimate of drug-likeness (QED) is 0.133. The normalized spacial score (nSPS) is 16.3. The van der Waals surface area contributed by atoms with Gasteiger partial charge in [0.1, 0.15) is 0 Å². The van der Waals surface area contributed by atoms with Crippen LogP contribution in [0.4, 0.5) is 22.0 Å². The van der Waals surface area contributed by atoms with Crippen LogP contribution in [-0.4, -0.2) is 23.5 Å². The van der Waals surface area contributed by atoms with E-state index in [2.05, 4.69) is 4.74 Å². The molecule has 0 radical (unpaired) electrons. The minimum absolute atomic E-state index is 0.0571. The monoisotopic (exact) mass is 486 g/mol. The van der Waals surface area contributed by atoms with Gasteiger partial charge in [-0.2, -0.15) is 0 Å². The predicted molar refractivity (Wildman–Crippen MR) is 108 cm³/mol. The summed E-state index contributed by atoms with van der Waals surface area (Å²) in [4.78, 5) is 48.3. The van der Waals surface area contributed by atoms with Gasteiger partial charge >= 0.3 is 11.9 Å². The maximum absolute atomic E-state index is 15.1. The number of hydrogen-bond acceptors (Lipinski definition) is 5. The van der Waals surface area contributed by atoms with Crippen molar-refractivity contribution in [1.29, 1.82) is 0 Å². The standard InChI is InChI=1S/C25H11F5O5/c1-25(17-18(26)20(28)22(30)21(29)19(17)27,9-2-4-11-13(6-9)16(32)8-15(11)31)10-3-5-12-14(7-10)24(34)35-23(12)33/h2-7H,8H2,1H3. The number of rotatable bonds is 3. The van der Waals surface area contributed by atoms with Gasteiger partial charge in [-0.05, 0) is 36.2 Å². The second-order valence-corrected chi connectivity index (χ2v) is 8.29. The molecule has 2 aliphatic rings. The van der Waals surface area contributed by atoms with E-state index in [9.17, 15) is 32.3 Å². The average molecular weight is 486 g/mol. The molecule has 1 heterocycles. The van der Waals surface area contributed by atoms with E-state index in [-0.39, 0.29) is 33.4 Å². The topological polar surface area (TPSA) is 77.5 Å². The van der Waals surface area contributed by atoms with Crippen LogP contribution in [0.5, 0.6) is 0 Å². The van der Waals surface area contributed by atoms with Crippen LogP contribution in [0.25, 0.3) is 0 Å². The highest BCUT2D eigenvalue weighted by molar-refractivity contribution is 6.24. The van der Waals surface area contributed by atoms with Crippen molar-refractivity contribution >= 4 is 23.5 Å². The Labute approximate surface area is 193 Å². The molecular weight excluding hydrogens is 475 g/mol. The van der Waals surface area contributed by atoms with Crippen molar-refractivity contribution in [3.8, 4) is 0 Å². The molecule has 1 unspecified atom stereocenters. The SMILES string of the molecule is CC(c1ccc2c(c1)C(=O)CC2=O)(c1ccc2c(c1)C(=O)OC2=O)c1c(F)c(F)c(F)c(F)c1F. The fraction of sp³-hybridized carbons (Fsp3) is 0.120. The molecule has 0 N–H and O–H groups in total. The van der Waals surface area contributed by atoms with Gasteiger partial charge in [0.25, 0.3) is 0 Å². The highest BCUT2D eigenvalue weighted by Crippen LogP contribution is 2.45. The summed E-state index contributed by atoms with van der Waals surface area (Å²) in [6.45, 7) is 1.14. The molecule has 0 fully saturated rings. The lowest BCUT2D eigenvalue weighted by molar-refractivity contribution is 0.0443. The Bertz CT molecular complexity index is 1440. The Kier molecular flexibility index (Phi) is 4.77. The number of cyclic esters (lactones) is 2. The fourth-order valence-electron chi connectivity index (χ4n) is 4.56. The Morgan fingerprint density at radius 3 is 1.69 bits per heavy atom. The number of halogens is 5. The Morgan fingerprint density at radius 1 is 0.629 bits per heavy atom. The number of hydrogen-bond donors (Lipinski definition) is 0. The largest absolute Gasteiger partial charge is 0.386 e. The number of benzene rings is 3. The summed E-state index contributed by atoms with van der Waals surface area (Å²) in [7, 11) is 0. The first-order chi connectivity index (χ1) is 16.5. The van der Waals surface area contributed by atoms with Gasteiger partial charge in [-0.15, -0.1) is 0 Å². The van der Waals surface area contributed by atoms with Crippen LogP contribution in [0.2, 0.25) is 0 Å². The van der Waals surface area contributed by atoms with Gasteiger partial charge in [0.05, 0.1) is 17.5 Å². The smallest absolute Gasteiger partial charge is 0.346 e. The highest BCUT2D eigenvalue weighted by Gasteiger charge is 2.43. The van der Waals surface area contributed by atoms with Crippen molar-refractivity contribution in [3.05, 3.63) is 104 Å². The van der Waals surface area contributed by atoms with E-state index in [1.165, 1.54) is 18.2 Å². The molecule has 0 saturated carbocycles. The third kappa shape index (κ3) is 2.99. The first kappa shape index (κ1) is 22.6. The van der Waals surface area contributed by atoms with E-state index in [0.29, 0.717) is 0 Å². The number of esters is 2. The predicted octanol–water partition coefficient (Wildman–Crippen LogP) is 4.82. The molecule has 10 heteroatoms. The van der Waals surface area contributed by atoms with Crippen molar-refractivity contribution in [2.45, 2.75) is 18.8 Å². The van der Waals surface area contributed by atoms with Gasteiger partial charge in [-0.1, -0.05) is 18.2 Å². The van der Waals surface area contributed by atoms with Gasteiger partial charge in [-0.25, -0.2) is 31.5 Å². The van der Waals surface area contributed by atoms with Gasteiger partial charge < -0.3 is 4.74 Å². The molecule has 0 amide bonds. The third-order valence-corrected chi connectivity index (χ3v) is 6.45. The second kappa shape index (κ2) is 7.39. The van der Waals surface area contributed by atoms with Crippen LogP contribution in [0.1, 0.15) is 71.5 Å². The van der Waals surface area contributed by atoms with Crippen molar-refractivity contribution in [3.63, 3.8) is 0 Å². The van der Waals surface area contributed by atoms with E-state index in [4.69, 9.17) is 0 Å². The van der Waals surface area contributed by atoms with E-state index in [0.717, 1.165) is 25.1 Å². The Hall–Kier alpha value is -4.21. The first-order valence-electron chi connectivity index (χ1n) is 10.1.